The van der Waals surface area contributed by atoms with E-state index in [-0.39, 0.29) is 4.90 Å². The largest absolute Gasteiger partial charge is 0.399 e. The Morgan fingerprint density at radius 1 is 1.16 bits per heavy atom. The summed E-state index contributed by atoms with van der Waals surface area (Å²) in [6, 6.07) is 9.80. The summed E-state index contributed by atoms with van der Waals surface area (Å²) in [6.07, 6.45) is 0. The summed E-state index contributed by atoms with van der Waals surface area (Å²) >= 11 is 0. The maximum atomic E-state index is 13.0. The highest BCUT2D eigenvalue weighted by molar-refractivity contribution is 7.92. The minimum absolute atomic E-state index is 0.0659. The molecule has 0 fully saturated rings. The molecule has 4 nitrogen and oxygen atoms in total. The van der Waals surface area contributed by atoms with Crippen molar-refractivity contribution >= 4 is 21.4 Å². The van der Waals surface area contributed by atoms with Gasteiger partial charge in [0.1, 0.15) is 5.82 Å². The minimum Gasteiger partial charge on any atom is -0.399 e. The number of hydrogen-bond acceptors (Lipinski definition) is 3. The Labute approximate surface area is 111 Å². The molecule has 3 N–H and O–H groups in total. The molecule has 0 bridgehead atoms. The van der Waals surface area contributed by atoms with E-state index < -0.39 is 15.8 Å². The molecule has 0 aliphatic carbocycles. The SMILES string of the molecule is Cc1cc(F)ccc1NS(=O)(=O)c1cccc(N)c1. The van der Waals surface area contributed by atoms with E-state index in [0.29, 0.717) is 16.9 Å². The molecule has 6 heteroatoms. The molecule has 0 saturated carbocycles. The van der Waals surface area contributed by atoms with E-state index in [0.717, 1.165) is 0 Å². The highest BCUT2D eigenvalue weighted by Gasteiger charge is 2.15. The number of nitrogens with two attached hydrogens (primary N) is 1. The first-order valence-electron chi connectivity index (χ1n) is 5.53. The topological polar surface area (TPSA) is 72.2 Å². The molecule has 0 unspecified atom stereocenters. The zero-order chi connectivity index (χ0) is 14.0. The van der Waals surface area contributed by atoms with E-state index in [4.69, 9.17) is 5.73 Å². The van der Waals surface area contributed by atoms with Gasteiger partial charge in [0.2, 0.25) is 0 Å². The van der Waals surface area contributed by atoms with Gasteiger partial charge in [-0.25, -0.2) is 12.8 Å². The van der Waals surface area contributed by atoms with Crippen LogP contribution in [0.2, 0.25) is 0 Å². The normalized spacial score (nSPS) is 11.3. The summed E-state index contributed by atoms with van der Waals surface area (Å²) in [6.45, 7) is 1.63. The quantitative estimate of drug-likeness (QED) is 0.848. The lowest BCUT2D eigenvalue weighted by molar-refractivity contribution is 0.601. The van der Waals surface area contributed by atoms with Gasteiger partial charge in [0.25, 0.3) is 10.0 Å². The molecule has 0 aliphatic rings. The van der Waals surface area contributed by atoms with Crippen LogP contribution in [0.5, 0.6) is 0 Å². The van der Waals surface area contributed by atoms with E-state index in [1.165, 1.54) is 30.3 Å². The number of aryl methyl sites for hydroxylation is 1. The molecule has 2 aromatic carbocycles. The predicted octanol–water partition coefficient (Wildman–Crippen LogP) is 2.52. The lowest BCUT2D eigenvalue weighted by Crippen LogP contribution is -2.14. The Balaban J connectivity index is 2.36. The van der Waals surface area contributed by atoms with Gasteiger partial charge in [-0.1, -0.05) is 6.07 Å². The van der Waals surface area contributed by atoms with Crippen molar-refractivity contribution in [1.82, 2.24) is 0 Å². The van der Waals surface area contributed by atoms with E-state index in [1.54, 1.807) is 19.1 Å². The first-order valence-corrected chi connectivity index (χ1v) is 7.01. The van der Waals surface area contributed by atoms with Crippen molar-refractivity contribution in [2.24, 2.45) is 0 Å². The lowest BCUT2D eigenvalue weighted by Gasteiger charge is -2.10. The summed E-state index contributed by atoms with van der Waals surface area (Å²) in [5, 5.41) is 0. The molecule has 2 rings (SSSR count). The number of halogens is 1. The van der Waals surface area contributed by atoms with Gasteiger partial charge in [0, 0.05) is 5.69 Å². The van der Waals surface area contributed by atoms with Gasteiger partial charge in [-0.3, -0.25) is 4.72 Å². The maximum absolute atomic E-state index is 13.0. The molecule has 100 valence electrons. The minimum atomic E-state index is -3.72. The molecule has 0 heterocycles. The molecule has 0 atom stereocenters. The maximum Gasteiger partial charge on any atom is 0.261 e. The molecule has 0 radical (unpaired) electrons. The number of benzene rings is 2. The third kappa shape index (κ3) is 3.03. The van der Waals surface area contributed by atoms with Crippen LogP contribution in [0.1, 0.15) is 5.56 Å². The van der Waals surface area contributed by atoms with Gasteiger partial charge in [0.15, 0.2) is 0 Å². The molecule has 0 spiro atoms. The molecular weight excluding hydrogens is 267 g/mol. The smallest absolute Gasteiger partial charge is 0.261 e. The van der Waals surface area contributed by atoms with Gasteiger partial charge in [-0.15, -0.1) is 0 Å². The van der Waals surface area contributed by atoms with E-state index >= 15 is 0 Å². The van der Waals surface area contributed by atoms with Crippen molar-refractivity contribution in [3.8, 4) is 0 Å². The van der Waals surface area contributed by atoms with Crippen LogP contribution in [0.15, 0.2) is 47.4 Å². The Morgan fingerprint density at radius 3 is 2.53 bits per heavy atom. The van der Waals surface area contributed by atoms with Crippen LogP contribution in [0.25, 0.3) is 0 Å². The average Bonchev–Trinajstić information content (AvgIpc) is 2.33. The van der Waals surface area contributed by atoms with Gasteiger partial charge >= 0.3 is 0 Å². The predicted molar refractivity (Wildman–Crippen MR) is 72.8 cm³/mol. The van der Waals surface area contributed by atoms with Crippen LogP contribution in [0.4, 0.5) is 15.8 Å². The molecule has 2 aromatic rings. The van der Waals surface area contributed by atoms with E-state index in [1.807, 2.05) is 0 Å². The van der Waals surface area contributed by atoms with Crippen LogP contribution >= 0.6 is 0 Å². The molecule has 19 heavy (non-hydrogen) atoms. The summed E-state index contributed by atoms with van der Waals surface area (Å²) in [5.74, 6) is -0.413. The Hall–Kier alpha value is -2.08. The number of rotatable bonds is 3. The van der Waals surface area contributed by atoms with Crippen LogP contribution in [0.3, 0.4) is 0 Å². The summed E-state index contributed by atoms with van der Waals surface area (Å²) in [4.78, 5) is 0.0659. The average molecular weight is 280 g/mol. The van der Waals surface area contributed by atoms with Gasteiger partial charge < -0.3 is 5.73 Å². The van der Waals surface area contributed by atoms with Crippen molar-refractivity contribution in [2.45, 2.75) is 11.8 Å². The number of nitrogen functional groups attached to an aromatic ring is 1. The second kappa shape index (κ2) is 4.89. The standard InChI is InChI=1S/C13H13FN2O2S/c1-9-7-10(14)5-6-13(9)16-19(17,18)12-4-2-3-11(15)8-12/h2-8,16H,15H2,1H3. The number of nitrogens with one attached hydrogen (secondary N) is 1. The van der Waals surface area contributed by atoms with Crippen LogP contribution < -0.4 is 10.5 Å². The fraction of sp³-hybridized carbons (Fsp3) is 0.0769. The molecule has 0 aliphatic heterocycles. The van der Waals surface area contributed by atoms with Crippen molar-refractivity contribution in [3.05, 3.63) is 53.8 Å². The van der Waals surface area contributed by atoms with Gasteiger partial charge in [-0.05, 0) is 48.9 Å². The zero-order valence-corrected chi connectivity index (χ0v) is 11.0. The summed E-state index contributed by atoms with van der Waals surface area (Å²) in [5.41, 5.74) is 6.76. The lowest BCUT2D eigenvalue weighted by atomic mass is 10.2. The second-order valence-corrected chi connectivity index (χ2v) is 5.82. The Morgan fingerprint density at radius 2 is 1.89 bits per heavy atom. The fourth-order valence-electron chi connectivity index (χ4n) is 1.63. The molecule has 0 saturated heterocycles. The van der Waals surface area contributed by atoms with Crippen molar-refractivity contribution < 1.29 is 12.8 Å². The first kappa shape index (κ1) is 13.4. The highest BCUT2D eigenvalue weighted by Crippen LogP contribution is 2.21. The van der Waals surface area contributed by atoms with Crippen molar-refractivity contribution in [3.63, 3.8) is 0 Å². The highest BCUT2D eigenvalue weighted by atomic mass is 32.2. The zero-order valence-electron chi connectivity index (χ0n) is 10.2. The summed E-state index contributed by atoms with van der Waals surface area (Å²) < 4.78 is 39.6. The number of hydrogen-bond donors (Lipinski definition) is 2. The van der Waals surface area contributed by atoms with Gasteiger partial charge in [-0.2, -0.15) is 0 Å². The first-order chi connectivity index (χ1) is 8.88. The van der Waals surface area contributed by atoms with E-state index in [9.17, 15) is 12.8 Å². The Kier molecular flexibility index (Phi) is 3.44. The number of anilines is 2. The summed E-state index contributed by atoms with van der Waals surface area (Å²) in [7, 11) is -3.72. The monoisotopic (exact) mass is 280 g/mol. The van der Waals surface area contributed by atoms with Crippen LogP contribution in [-0.4, -0.2) is 8.42 Å². The molecule has 0 amide bonds. The molecule has 0 aromatic heterocycles. The molecular formula is C13H13FN2O2S. The van der Waals surface area contributed by atoms with Crippen LogP contribution in [-0.2, 0) is 10.0 Å². The van der Waals surface area contributed by atoms with Crippen molar-refractivity contribution in [1.29, 1.82) is 0 Å². The second-order valence-electron chi connectivity index (χ2n) is 4.14. The van der Waals surface area contributed by atoms with Crippen LogP contribution in [0, 0.1) is 12.7 Å². The third-order valence-electron chi connectivity index (χ3n) is 2.60. The third-order valence-corrected chi connectivity index (χ3v) is 3.96. The van der Waals surface area contributed by atoms with E-state index in [2.05, 4.69) is 4.72 Å². The van der Waals surface area contributed by atoms with Gasteiger partial charge in [0.05, 0.1) is 10.6 Å². The number of sulfonamides is 1. The fourth-order valence-corrected chi connectivity index (χ4v) is 2.81. The van der Waals surface area contributed by atoms with Crippen molar-refractivity contribution in [2.75, 3.05) is 10.5 Å². The Bertz CT molecular complexity index is 714.